The van der Waals surface area contributed by atoms with E-state index in [1.54, 1.807) is 36.4 Å². The second kappa shape index (κ2) is 8.76. The summed E-state index contributed by atoms with van der Waals surface area (Å²) in [5.41, 5.74) is 1.31. The van der Waals surface area contributed by atoms with Gasteiger partial charge in [-0.15, -0.1) is 11.8 Å². The van der Waals surface area contributed by atoms with Gasteiger partial charge < -0.3 is 10.6 Å². The smallest absolute Gasteiger partial charge is 0.234 e. The number of carbonyl (C=O) groups excluding carboxylic acids is 2. The summed E-state index contributed by atoms with van der Waals surface area (Å²) in [5, 5.41) is 6.31. The molecule has 0 aromatic heterocycles. The van der Waals surface area contributed by atoms with Gasteiger partial charge in [-0.2, -0.15) is 0 Å². The fourth-order valence-electron chi connectivity index (χ4n) is 1.84. The summed E-state index contributed by atoms with van der Waals surface area (Å²) in [6, 6.07) is 14.5. The fourth-order valence-corrected chi connectivity index (χ4v) is 2.66. The Morgan fingerprint density at radius 1 is 1.04 bits per heavy atom. The standard InChI is InChI=1S/C18H19ClN2O2S/c1-12(2)18(23)21-15-5-3-4-14(10-15)20-17(22)11-24-16-8-6-13(19)7-9-16/h3-10,12H,11H2,1-2H3,(H,20,22)(H,21,23). The van der Waals surface area contributed by atoms with E-state index in [-0.39, 0.29) is 17.7 Å². The van der Waals surface area contributed by atoms with E-state index in [0.717, 1.165) is 4.90 Å². The van der Waals surface area contributed by atoms with Crippen molar-refractivity contribution in [2.24, 2.45) is 5.92 Å². The number of nitrogens with one attached hydrogen (secondary N) is 2. The molecule has 0 saturated heterocycles. The highest BCUT2D eigenvalue weighted by atomic mass is 35.5. The molecule has 0 unspecified atom stereocenters. The maximum absolute atomic E-state index is 12.0. The van der Waals surface area contributed by atoms with E-state index in [2.05, 4.69) is 10.6 Å². The molecule has 2 aromatic rings. The van der Waals surface area contributed by atoms with Crippen molar-refractivity contribution >= 4 is 46.6 Å². The topological polar surface area (TPSA) is 58.2 Å². The van der Waals surface area contributed by atoms with Gasteiger partial charge in [-0.1, -0.05) is 31.5 Å². The molecule has 0 fully saturated rings. The Hall–Kier alpha value is -1.98. The summed E-state index contributed by atoms with van der Waals surface area (Å²) in [6.45, 7) is 3.66. The number of hydrogen-bond acceptors (Lipinski definition) is 3. The summed E-state index contributed by atoms with van der Waals surface area (Å²) in [7, 11) is 0. The van der Waals surface area contributed by atoms with Gasteiger partial charge in [-0.3, -0.25) is 9.59 Å². The van der Waals surface area contributed by atoms with Crippen molar-refractivity contribution in [3.8, 4) is 0 Å². The first-order valence-electron chi connectivity index (χ1n) is 7.53. The molecule has 2 amide bonds. The molecular weight excluding hydrogens is 344 g/mol. The molecule has 0 heterocycles. The highest BCUT2D eigenvalue weighted by Gasteiger charge is 2.08. The van der Waals surface area contributed by atoms with Crippen LogP contribution in [0.3, 0.4) is 0 Å². The lowest BCUT2D eigenvalue weighted by atomic mass is 10.2. The lowest BCUT2D eigenvalue weighted by molar-refractivity contribution is -0.119. The first-order valence-corrected chi connectivity index (χ1v) is 8.89. The molecular formula is C18H19ClN2O2S. The largest absolute Gasteiger partial charge is 0.326 e. The van der Waals surface area contributed by atoms with Crippen LogP contribution in [0.15, 0.2) is 53.4 Å². The van der Waals surface area contributed by atoms with Crippen LogP contribution in [0.5, 0.6) is 0 Å². The number of amides is 2. The monoisotopic (exact) mass is 362 g/mol. The van der Waals surface area contributed by atoms with Gasteiger partial charge in [0.05, 0.1) is 5.75 Å². The lowest BCUT2D eigenvalue weighted by Crippen LogP contribution is -2.18. The van der Waals surface area contributed by atoms with Crippen LogP contribution in [-0.2, 0) is 9.59 Å². The SMILES string of the molecule is CC(C)C(=O)Nc1cccc(NC(=O)CSc2ccc(Cl)cc2)c1. The molecule has 0 spiro atoms. The second-order valence-electron chi connectivity index (χ2n) is 5.52. The summed E-state index contributed by atoms with van der Waals surface area (Å²) in [5.74, 6) is 0.0302. The van der Waals surface area contributed by atoms with E-state index in [1.165, 1.54) is 11.8 Å². The Balaban J connectivity index is 1.89. The third-order valence-corrected chi connectivity index (χ3v) is 4.39. The maximum Gasteiger partial charge on any atom is 0.234 e. The van der Waals surface area contributed by atoms with E-state index in [0.29, 0.717) is 22.2 Å². The molecule has 0 aliphatic heterocycles. The highest BCUT2D eigenvalue weighted by Crippen LogP contribution is 2.21. The van der Waals surface area contributed by atoms with Gasteiger partial charge in [-0.05, 0) is 42.5 Å². The molecule has 4 nitrogen and oxygen atoms in total. The minimum Gasteiger partial charge on any atom is -0.326 e. The zero-order valence-corrected chi connectivity index (χ0v) is 15.1. The number of thioether (sulfide) groups is 1. The van der Waals surface area contributed by atoms with Crippen LogP contribution in [0.25, 0.3) is 0 Å². The van der Waals surface area contributed by atoms with Crippen LogP contribution >= 0.6 is 23.4 Å². The normalized spacial score (nSPS) is 10.5. The van der Waals surface area contributed by atoms with Gasteiger partial charge in [0, 0.05) is 27.2 Å². The Labute approximate surface area is 151 Å². The molecule has 0 aliphatic rings. The molecule has 0 atom stereocenters. The molecule has 0 radical (unpaired) electrons. The predicted octanol–water partition coefficient (Wildman–Crippen LogP) is 4.67. The minimum atomic E-state index is -0.109. The van der Waals surface area contributed by atoms with E-state index in [1.807, 2.05) is 26.0 Å². The Morgan fingerprint density at radius 2 is 1.67 bits per heavy atom. The van der Waals surface area contributed by atoms with Crippen molar-refractivity contribution in [1.29, 1.82) is 0 Å². The van der Waals surface area contributed by atoms with Crippen molar-refractivity contribution < 1.29 is 9.59 Å². The summed E-state index contributed by atoms with van der Waals surface area (Å²) < 4.78 is 0. The fraction of sp³-hybridized carbons (Fsp3) is 0.222. The predicted molar refractivity (Wildman–Crippen MR) is 101 cm³/mol. The zero-order chi connectivity index (χ0) is 17.5. The van der Waals surface area contributed by atoms with E-state index < -0.39 is 0 Å². The van der Waals surface area contributed by atoms with Gasteiger partial charge in [0.2, 0.25) is 11.8 Å². The number of halogens is 1. The lowest BCUT2D eigenvalue weighted by Gasteiger charge is -2.10. The molecule has 2 aromatic carbocycles. The molecule has 0 aliphatic carbocycles. The van der Waals surface area contributed by atoms with Gasteiger partial charge in [-0.25, -0.2) is 0 Å². The average molecular weight is 363 g/mol. The number of rotatable bonds is 6. The molecule has 2 rings (SSSR count). The average Bonchev–Trinajstić information content (AvgIpc) is 2.54. The first-order chi connectivity index (χ1) is 11.4. The quantitative estimate of drug-likeness (QED) is 0.734. The van der Waals surface area contributed by atoms with Crippen LogP contribution in [0.2, 0.25) is 5.02 Å². The van der Waals surface area contributed by atoms with Crippen LogP contribution in [-0.4, -0.2) is 17.6 Å². The minimum absolute atomic E-state index is 0.0585. The van der Waals surface area contributed by atoms with Gasteiger partial charge >= 0.3 is 0 Å². The van der Waals surface area contributed by atoms with E-state index in [4.69, 9.17) is 11.6 Å². The van der Waals surface area contributed by atoms with Crippen molar-refractivity contribution in [3.63, 3.8) is 0 Å². The van der Waals surface area contributed by atoms with E-state index >= 15 is 0 Å². The molecule has 2 N–H and O–H groups in total. The Kier molecular flexibility index (Phi) is 6.70. The van der Waals surface area contributed by atoms with Crippen molar-refractivity contribution in [3.05, 3.63) is 53.6 Å². The second-order valence-corrected chi connectivity index (χ2v) is 7.00. The summed E-state index contributed by atoms with van der Waals surface area (Å²) in [6.07, 6.45) is 0. The molecule has 0 saturated carbocycles. The number of carbonyl (C=O) groups is 2. The van der Waals surface area contributed by atoms with Gasteiger partial charge in [0.15, 0.2) is 0 Å². The van der Waals surface area contributed by atoms with Crippen molar-refractivity contribution in [2.45, 2.75) is 18.7 Å². The maximum atomic E-state index is 12.0. The summed E-state index contributed by atoms with van der Waals surface area (Å²) in [4.78, 5) is 24.7. The van der Waals surface area contributed by atoms with Gasteiger partial charge in [0.1, 0.15) is 0 Å². The Morgan fingerprint density at radius 3 is 2.29 bits per heavy atom. The summed E-state index contributed by atoms with van der Waals surface area (Å²) >= 11 is 7.27. The molecule has 126 valence electrons. The number of hydrogen-bond donors (Lipinski definition) is 2. The van der Waals surface area contributed by atoms with Crippen molar-refractivity contribution in [2.75, 3.05) is 16.4 Å². The molecule has 6 heteroatoms. The molecule has 24 heavy (non-hydrogen) atoms. The van der Waals surface area contributed by atoms with Gasteiger partial charge in [0.25, 0.3) is 0 Å². The number of benzene rings is 2. The zero-order valence-electron chi connectivity index (χ0n) is 13.5. The van der Waals surface area contributed by atoms with E-state index in [9.17, 15) is 9.59 Å². The van der Waals surface area contributed by atoms with Crippen LogP contribution < -0.4 is 10.6 Å². The van der Waals surface area contributed by atoms with Crippen LogP contribution in [0.1, 0.15) is 13.8 Å². The number of anilines is 2. The first kappa shape index (κ1) is 18.4. The van der Waals surface area contributed by atoms with Crippen LogP contribution in [0, 0.1) is 5.92 Å². The molecule has 0 bridgehead atoms. The van der Waals surface area contributed by atoms with Crippen LogP contribution in [0.4, 0.5) is 11.4 Å². The third kappa shape index (κ3) is 5.91. The highest BCUT2D eigenvalue weighted by molar-refractivity contribution is 8.00. The van der Waals surface area contributed by atoms with Crippen molar-refractivity contribution in [1.82, 2.24) is 0 Å². The Bertz CT molecular complexity index is 717. The third-order valence-electron chi connectivity index (χ3n) is 3.12.